The fourth-order valence-electron chi connectivity index (χ4n) is 3.42. The summed E-state index contributed by atoms with van der Waals surface area (Å²) in [7, 11) is 0. The molecule has 0 saturated carbocycles. The van der Waals surface area contributed by atoms with E-state index in [9.17, 15) is 14.7 Å². The molecule has 1 saturated heterocycles. The maximum absolute atomic E-state index is 12.5. The molecule has 12 nitrogen and oxygen atoms in total. The van der Waals surface area contributed by atoms with Crippen LogP contribution in [0.3, 0.4) is 0 Å². The summed E-state index contributed by atoms with van der Waals surface area (Å²) >= 11 is 6.16. The first-order chi connectivity index (χ1) is 17.3. The quantitative estimate of drug-likeness (QED) is 0.373. The molecule has 4 heterocycles. The van der Waals surface area contributed by atoms with Crippen molar-refractivity contribution in [2.24, 2.45) is 0 Å². The Kier molecular flexibility index (Phi) is 5.87. The van der Waals surface area contributed by atoms with Crippen molar-refractivity contribution >= 4 is 40.8 Å². The number of carboxylic acid groups (broad SMARTS) is 1. The number of ether oxygens (including phenoxy) is 2. The van der Waals surface area contributed by atoms with E-state index in [2.05, 4.69) is 32.3 Å². The number of hydrogen-bond donors (Lipinski definition) is 2. The maximum atomic E-state index is 12.5. The molecule has 1 aliphatic heterocycles. The summed E-state index contributed by atoms with van der Waals surface area (Å²) in [5.41, 5.74) is -0.397. The zero-order valence-electron chi connectivity index (χ0n) is 18.8. The summed E-state index contributed by atoms with van der Waals surface area (Å²) in [6, 6.07) is 7.03. The molecule has 184 valence electrons. The molecule has 36 heavy (non-hydrogen) atoms. The lowest BCUT2D eigenvalue weighted by molar-refractivity contribution is -0.165. The normalized spacial score (nSPS) is 15.0. The minimum absolute atomic E-state index is 0.00588. The van der Waals surface area contributed by atoms with Gasteiger partial charge in [0.1, 0.15) is 11.8 Å². The largest absolute Gasteiger partial charge is 0.480 e. The van der Waals surface area contributed by atoms with Gasteiger partial charge < -0.3 is 27.9 Å². The van der Waals surface area contributed by atoms with Crippen LogP contribution in [0, 0.1) is 18.8 Å². The average Bonchev–Trinajstić information content (AvgIpc) is 3.45. The number of anilines is 1. The maximum Gasteiger partial charge on any atom is 0.412 e. The Morgan fingerprint density at radius 2 is 1.94 bits per heavy atom. The number of benzene rings is 1. The summed E-state index contributed by atoms with van der Waals surface area (Å²) in [6.07, 6.45) is -1.37. The van der Waals surface area contributed by atoms with Crippen LogP contribution in [0.25, 0.3) is 11.4 Å². The van der Waals surface area contributed by atoms with Gasteiger partial charge in [-0.3, -0.25) is 10.1 Å². The number of aliphatic carboxylic acids is 1. The van der Waals surface area contributed by atoms with Crippen molar-refractivity contribution in [2.45, 2.75) is 25.4 Å². The van der Waals surface area contributed by atoms with Crippen molar-refractivity contribution in [1.82, 2.24) is 15.1 Å². The highest BCUT2D eigenvalue weighted by molar-refractivity contribution is 6.31. The molecule has 5 rings (SSSR count). The van der Waals surface area contributed by atoms with Gasteiger partial charge in [0, 0.05) is 16.5 Å². The molecule has 0 aliphatic carbocycles. The number of carboxylic acids is 1. The van der Waals surface area contributed by atoms with E-state index in [1.807, 2.05) is 0 Å². The van der Waals surface area contributed by atoms with Gasteiger partial charge in [0.25, 0.3) is 17.3 Å². The molecule has 3 aromatic heterocycles. The molecule has 13 heteroatoms. The molecular formula is C23H17ClN4O8. The number of nitrogens with one attached hydrogen (secondary N) is 1. The molecule has 1 aliphatic rings. The second-order valence-electron chi connectivity index (χ2n) is 7.93. The molecule has 0 bridgehead atoms. The molecule has 1 fully saturated rings. The van der Waals surface area contributed by atoms with Crippen LogP contribution in [-0.2, 0) is 19.7 Å². The van der Waals surface area contributed by atoms with Gasteiger partial charge in [-0.25, -0.2) is 4.79 Å². The van der Waals surface area contributed by atoms with Gasteiger partial charge in [-0.1, -0.05) is 35.0 Å². The summed E-state index contributed by atoms with van der Waals surface area (Å²) in [4.78, 5) is 32.2. The lowest BCUT2D eigenvalue weighted by Gasteiger charge is -2.33. The van der Waals surface area contributed by atoms with Crippen LogP contribution in [-0.4, -0.2) is 45.5 Å². The Balaban J connectivity index is 1.31. The average molecular weight is 513 g/mol. The zero-order valence-corrected chi connectivity index (χ0v) is 19.6. The number of carbonyl (C=O) groups excluding carboxylic acids is 1. The molecule has 1 atom stereocenters. The highest BCUT2D eigenvalue weighted by atomic mass is 35.5. The predicted octanol–water partition coefficient (Wildman–Crippen LogP) is 3.83. The molecule has 4 aromatic rings. The zero-order chi connectivity index (χ0) is 25.4. The number of nitrogens with zero attached hydrogens (tertiary/aromatic N) is 3. The topological polar surface area (TPSA) is 163 Å². The fraction of sp³-hybridized carbons (Fsp3) is 0.261. The summed E-state index contributed by atoms with van der Waals surface area (Å²) in [6.45, 7) is 3.17. The van der Waals surface area contributed by atoms with E-state index in [1.165, 1.54) is 0 Å². The van der Waals surface area contributed by atoms with E-state index in [0.717, 1.165) is 0 Å². The van der Waals surface area contributed by atoms with Gasteiger partial charge in [0.15, 0.2) is 16.9 Å². The van der Waals surface area contributed by atoms with Crippen LogP contribution in [0.5, 0.6) is 0 Å². The molecular weight excluding hydrogens is 496 g/mol. The Morgan fingerprint density at radius 3 is 2.61 bits per heavy atom. The van der Waals surface area contributed by atoms with Gasteiger partial charge in [0.2, 0.25) is 5.89 Å². The van der Waals surface area contributed by atoms with Gasteiger partial charge in [0.05, 0.1) is 13.2 Å². The first kappa shape index (κ1) is 23.4. The van der Waals surface area contributed by atoms with Crippen LogP contribution < -0.4 is 5.32 Å². The second kappa shape index (κ2) is 9.03. The summed E-state index contributed by atoms with van der Waals surface area (Å²) in [5.74, 6) is 4.43. The molecule has 1 aromatic carbocycles. The minimum atomic E-state index is -1.36. The highest BCUT2D eigenvalue weighted by Crippen LogP contribution is 2.34. The lowest BCUT2D eigenvalue weighted by Crippen LogP contribution is -2.53. The van der Waals surface area contributed by atoms with Crippen molar-refractivity contribution < 1.29 is 37.5 Å². The van der Waals surface area contributed by atoms with E-state index in [0.29, 0.717) is 16.3 Å². The summed E-state index contributed by atoms with van der Waals surface area (Å²) < 4.78 is 26.5. The van der Waals surface area contributed by atoms with Crippen LogP contribution in [0.15, 0.2) is 37.6 Å². The number of carbonyl (C=O) groups is 2. The second-order valence-corrected chi connectivity index (χ2v) is 8.34. The number of aryl methyl sites for hydroxylation is 1. The van der Waals surface area contributed by atoms with Crippen molar-refractivity contribution in [1.29, 1.82) is 0 Å². The van der Waals surface area contributed by atoms with Crippen LogP contribution in [0.2, 0.25) is 5.02 Å². The monoisotopic (exact) mass is 512 g/mol. The van der Waals surface area contributed by atoms with Crippen LogP contribution in [0.4, 0.5) is 10.5 Å². The van der Waals surface area contributed by atoms with Gasteiger partial charge in [-0.2, -0.15) is 9.97 Å². The number of hydrogen-bond acceptors (Lipinski definition) is 10. The van der Waals surface area contributed by atoms with Gasteiger partial charge >= 0.3 is 12.1 Å². The number of rotatable bonds is 5. The standard InChI is InChI=1S/C23H17ClN4O8/c1-11(13-5-3-4-6-14(13)24)33-22(31)26-17-12(2)36-28-15(17)7-8-16-25-18-19(34-16)27-20(35-18)23(21(29)30)9-32-10-23/h3-6,11H,9-10H2,1-2H3,(H,26,31)(H,29,30). The smallest absolute Gasteiger partial charge is 0.412 e. The molecule has 1 unspecified atom stereocenters. The molecule has 1 amide bonds. The molecule has 0 spiro atoms. The number of amides is 1. The Bertz CT molecular complexity index is 1510. The highest BCUT2D eigenvalue weighted by Gasteiger charge is 2.52. The number of halogens is 1. The SMILES string of the molecule is Cc1onc(C#Cc2nc3oc(C4(C(=O)O)COC4)nc3o2)c1NC(=O)OC(C)c1ccccc1Cl. The first-order valence-corrected chi connectivity index (χ1v) is 10.9. The summed E-state index contributed by atoms with van der Waals surface area (Å²) in [5, 5.41) is 16.3. The van der Waals surface area contributed by atoms with Crippen molar-refractivity contribution in [3.8, 4) is 11.8 Å². The molecule has 0 radical (unpaired) electrons. The van der Waals surface area contributed by atoms with Crippen LogP contribution >= 0.6 is 11.6 Å². The van der Waals surface area contributed by atoms with Crippen molar-refractivity contribution in [2.75, 3.05) is 18.5 Å². The molecule has 2 N–H and O–H groups in total. The third kappa shape index (κ3) is 4.15. The first-order valence-electron chi connectivity index (χ1n) is 10.6. The van der Waals surface area contributed by atoms with Crippen molar-refractivity contribution in [3.05, 3.63) is 58.1 Å². The Hall–Kier alpha value is -4.34. The van der Waals surface area contributed by atoms with Crippen LogP contribution in [0.1, 0.15) is 41.8 Å². The lowest BCUT2D eigenvalue weighted by atomic mass is 9.86. The van der Waals surface area contributed by atoms with Crippen molar-refractivity contribution in [3.63, 3.8) is 0 Å². The number of oxazole rings is 2. The third-order valence-corrected chi connectivity index (χ3v) is 5.84. The van der Waals surface area contributed by atoms with E-state index in [1.54, 1.807) is 38.1 Å². The fourth-order valence-corrected chi connectivity index (χ4v) is 3.71. The third-order valence-electron chi connectivity index (χ3n) is 5.50. The van der Waals surface area contributed by atoms with E-state index >= 15 is 0 Å². The minimum Gasteiger partial charge on any atom is -0.480 e. The van der Waals surface area contributed by atoms with Gasteiger partial charge in [-0.15, -0.1) is 0 Å². The number of aromatic nitrogens is 3. The Morgan fingerprint density at radius 1 is 1.19 bits per heavy atom. The van der Waals surface area contributed by atoms with E-state index in [4.69, 9.17) is 34.4 Å². The predicted molar refractivity (Wildman–Crippen MR) is 121 cm³/mol. The van der Waals surface area contributed by atoms with Gasteiger partial charge in [-0.05, 0) is 25.8 Å². The van der Waals surface area contributed by atoms with E-state index in [-0.39, 0.29) is 47.8 Å². The van der Waals surface area contributed by atoms with E-state index < -0.39 is 23.6 Å². The Labute approximate surface area is 207 Å². The number of fused-ring (bicyclic) bond motifs is 1.